The normalized spacial score (nSPS) is 10.9. The minimum absolute atomic E-state index is 0.296. The maximum Gasteiger partial charge on any atom is 0.325 e. The Morgan fingerprint density at radius 1 is 1.07 bits per heavy atom. The fraction of sp³-hybridized carbons (Fsp3) is 0.455. The van der Waals surface area contributed by atoms with Crippen LogP contribution in [0.5, 0.6) is 5.75 Å². The van der Waals surface area contributed by atoms with E-state index in [0.29, 0.717) is 19.0 Å². The van der Waals surface area contributed by atoms with E-state index in [2.05, 4.69) is 0 Å². The lowest BCUT2D eigenvalue weighted by atomic mass is 10.2. The molecule has 1 N–H and O–H groups in total. The van der Waals surface area contributed by atoms with E-state index in [4.69, 9.17) is 14.0 Å². The molecule has 0 bridgehead atoms. The summed E-state index contributed by atoms with van der Waals surface area (Å²) in [6.07, 6.45) is 0. The minimum atomic E-state index is -1.56. The summed E-state index contributed by atoms with van der Waals surface area (Å²) < 4.78 is 11.1. The predicted molar refractivity (Wildman–Crippen MR) is 62.2 cm³/mol. The Morgan fingerprint density at radius 3 is 2.07 bits per heavy atom. The first-order valence-electron chi connectivity index (χ1n) is 5.27. The van der Waals surface area contributed by atoms with Crippen molar-refractivity contribution < 1.29 is 14.0 Å². The first-order valence-corrected chi connectivity index (χ1v) is 7.03. The highest BCUT2D eigenvalue weighted by atomic mass is 28.3. The Balaban J connectivity index is 2.53. The Bertz CT molecular complexity index is 268. The molecule has 0 fully saturated rings. The number of rotatable bonds is 6. The van der Waals surface area contributed by atoms with Gasteiger partial charge in [0.25, 0.3) is 0 Å². The molecule has 0 aliphatic carbocycles. The van der Waals surface area contributed by atoms with Crippen LogP contribution in [0.2, 0.25) is 0 Å². The van der Waals surface area contributed by atoms with Gasteiger partial charge in [-0.1, -0.05) is 12.1 Å². The zero-order chi connectivity index (χ0) is 11.1. The lowest BCUT2D eigenvalue weighted by molar-refractivity contribution is 0.213. The summed E-state index contributed by atoms with van der Waals surface area (Å²) in [6.45, 7) is 5.37. The van der Waals surface area contributed by atoms with Crippen LogP contribution < -0.4 is 0 Å². The molecule has 84 valence electrons. The van der Waals surface area contributed by atoms with Gasteiger partial charge in [0.05, 0.1) is 0 Å². The van der Waals surface area contributed by atoms with Crippen LogP contribution in [0.25, 0.3) is 0 Å². The van der Waals surface area contributed by atoms with E-state index in [-0.39, 0.29) is 0 Å². The Morgan fingerprint density at radius 2 is 1.60 bits per heavy atom. The van der Waals surface area contributed by atoms with Gasteiger partial charge in [0.15, 0.2) is 0 Å². The number of phenolic OH excluding ortho intramolecular Hbond substituents is 1. The Hall–Kier alpha value is -0.843. The van der Waals surface area contributed by atoms with Gasteiger partial charge in [0.2, 0.25) is 0 Å². The zero-order valence-electron chi connectivity index (χ0n) is 9.27. The maximum absolute atomic E-state index is 9.15. The van der Waals surface area contributed by atoms with Crippen molar-refractivity contribution in [3.63, 3.8) is 0 Å². The van der Waals surface area contributed by atoms with E-state index in [9.17, 15) is 0 Å². The van der Waals surface area contributed by atoms with Gasteiger partial charge in [0, 0.05) is 19.3 Å². The molecule has 1 aromatic carbocycles. The molecule has 0 amide bonds. The molecule has 0 saturated heterocycles. The van der Waals surface area contributed by atoms with Crippen LogP contribution in [0.4, 0.5) is 0 Å². The summed E-state index contributed by atoms with van der Waals surface area (Å²) in [5, 5.41) is 9.15. The van der Waals surface area contributed by atoms with Crippen molar-refractivity contribution in [2.24, 2.45) is 0 Å². The van der Waals surface area contributed by atoms with Gasteiger partial charge in [-0.2, -0.15) is 0 Å². The highest BCUT2D eigenvalue weighted by molar-refractivity contribution is 6.43. The topological polar surface area (TPSA) is 38.7 Å². The third kappa shape index (κ3) is 4.46. The highest BCUT2D eigenvalue weighted by Gasteiger charge is 2.12. The zero-order valence-corrected chi connectivity index (χ0v) is 10.4. The Kier molecular flexibility index (Phi) is 5.38. The molecule has 0 spiro atoms. The molecular weight excluding hydrogens is 208 g/mol. The first kappa shape index (κ1) is 12.2. The number of aromatic hydroxyl groups is 1. The largest absolute Gasteiger partial charge is 0.508 e. The second-order valence-corrected chi connectivity index (χ2v) is 5.14. The second-order valence-electron chi connectivity index (χ2n) is 3.21. The summed E-state index contributed by atoms with van der Waals surface area (Å²) in [4.78, 5) is 0. The summed E-state index contributed by atoms with van der Waals surface area (Å²) in [5.74, 6) is 0.296. The van der Waals surface area contributed by atoms with Gasteiger partial charge < -0.3 is 14.0 Å². The molecule has 1 aromatic rings. The van der Waals surface area contributed by atoms with Crippen LogP contribution in [0, 0.1) is 0 Å². The molecule has 0 heterocycles. The molecule has 0 unspecified atom stereocenters. The van der Waals surface area contributed by atoms with Crippen molar-refractivity contribution in [3.8, 4) is 5.75 Å². The smallest absolute Gasteiger partial charge is 0.325 e. The van der Waals surface area contributed by atoms with Crippen LogP contribution in [0.1, 0.15) is 19.4 Å². The number of benzene rings is 1. The molecule has 0 aromatic heterocycles. The van der Waals surface area contributed by atoms with Gasteiger partial charge in [-0.25, -0.2) is 0 Å². The fourth-order valence-electron chi connectivity index (χ4n) is 1.36. The van der Waals surface area contributed by atoms with Crippen LogP contribution in [-0.4, -0.2) is 27.6 Å². The molecule has 4 heteroatoms. The van der Waals surface area contributed by atoms with Gasteiger partial charge in [-0.05, 0) is 31.5 Å². The van der Waals surface area contributed by atoms with Crippen molar-refractivity contribution in [1.82, 2.24) is 0 Å². The molecule has 0 radical (unpaired) electrons. The van der Waals surface area contributed by atoms with Gasteiger partial charge in [0.1, 0.15) is 5.75 Å². The Labute approximate surface area is 92.5 Å². The molecule has 1 rings (SSSR count). The highest BCUT2D eigenvalue weighted by Crippen LogP contribution is 2.11. The quantitative estimate of drug-likeness (QED) is 0.751. The number of phenols is 1. The van der Waals surface area contributed by atoms with E-state index in [1.54, 1.807) is 12.1 Å². The maximum atomic E-state index is 9.15. The van der Waals surface area contributed by atoms with E-state index in [0.717, 1.165) is 11.6 Å². The molecule has 3 nitrogen and oxygen atoms in total. The summed E-state index contributed by atoms with van der Waals surface area (Å²) in [5.41, 5.74) is 1.16. The number of hydrogen-bond donors (Lipinski definition) is 1. The molecule has 0 atom stereocenters. The minimum Gasteiger partial charge on any atom is -0.508 e. The van der Waals surface area contributed by atoms with Crippen molar-refractivity contribution in [2.75, 3.05) is 13.2 Å². The van der Waals surface area contributed by atoms with Crippen molar-refractivity contribution >= 4 is 9.28 Å². The summed E-state index contributed by atoms with van der Waals surface area (Å²) in [7, 11) is -1.56. The standard InChI is InChI=1S/C11H18O3Si/c1-3-13-15(14-4-2)9-10-5-7-11(12)8-6-10/h5-8,12,15H,3-4,9H2,1-2H3. The summed E-state index contributed by atoms with van der Waals surface area (Å²) >= 11 is 0. The molecule has 0 aliphatic rings. The lowest BCUT2D eigenvalue weighted by Gasteiger charge is -2.14. The summed E-state index contributed by atoms with van der Waals surface area (Å²) in [6, 6.07) is 8.06. The predicted octanol–water partition coefficient (Wildman–Crippen LogP) is 1.77. The van der Waals surface area contributed by atoms with Gasteiger partial charge in [-0.15, -0.1) is 0 Å². The SMILES string of the molecule is CCO[SiH](Cc1ccc(O)cc1)OCC. The second kappa shape index (κ2) is 6.61. The van der Waals surface area contributed by atoms with Crippen LogP contribution >= 0.6 is 0 Å². The van der Waals surface area contributed by atoms with E-state index >= 15 is 0 Å². The van der Waals surface area contributed by atoms with Gasteiger partial charge in [-0.3, -0.25) is 0 Å². The van der Waals surface area contributed by atoms with Crippen LogP contribution in [-0.2, 0) is 14.9 Å². The average molecular weight is 226 g/mol. The van der Waals surface area contributed by atoms with Crippen molar-refractivity contribution in [1.29, 1.82) is 0 Å². The lowest BCUT2D eigenvalue weighted by Crippen LogP contribution is -2.26. The third-order valence-corrected chi connectivity index (χ3v) is 4.26. The molecule has 0 aliphatic heterocycles. The van der Waals surface area contributed by atoms with Crippen LogP contribution in [0.15, 0.2) is 24.3 Å². The van der Waals surface area contributed by atoms with Crippen molar-refractivity contribution in [2.45, 2.75) is 19.9 Å². The van der Waals surface area contributed by atoms with E-state index < -0.39 is 9.28 Å². The monoisotopic (exact) mass is 226 g/mol. The van der Waals surface area contributed by atoms with Crippen LogP contribution in [0.3, 0.4) is 0 Å². The van der Waals surface area contributed by atoms with Gasteiger partial charge >= 0.3 is 9.28 Å². The van der Waals surface area contributed by atoms with Crippen molar-refractivity contribution in [3.05, 3.63) is 29.8 Å². The van der Waals surface area contributed by atoms with E-state index in [1.165, 1.54) is 0 Å². The molecule has 0 saturated carbocycles. The molecule has 15 heavy (non-hydrogen) atoms. The average Bonchev–Trinajstić information content (AvgIpc) is 2.22. The fourth-order valence-corrected chi connectivity index (χ4v) is 3.09. The molecular formula is C11H18O3Si. The number of hydrogen-bond acceptors (Lipinski definition) is 3. The first-order chi connectivity index (χ1) is 7.26. The third-order valence-electron chi connectivity index (χ3n) is 2.04. The van der Waals surface area contributed by atoms with E-state index in [1.807, 2.05) is 26.0 Å².